The van der Waals surface area contributed by atoms with Gasteiger partial charge < -0.3 is 4.74 Å². The molecule has 1 saturated heterocycles. The van der Waals surface area contributed by atoms with Crippen LogP contribution in [0.25, 0.3) is 0 Å². The first-order valence-corrected chi connectivity index (χ1v) is 4.99. The van der Waals surface area contributed by atoms with Crippen LogP contribution >= 0.6 is 0 Å². The highest BCUT2D eigenvalue weighted by Crippen LogP contribution is 2.35. The molecule has 17 heavy (non-hydrogen) atoms. The molecule has 0 N–H and O–H groups in total. The van der Waals surface area contributed by atoms with Crippen LogP contribution in [0, 0.1) is 17.0 Å². The third-order valence-electron chi connectivity index (χ3n) is 2.70. The Bertz CT molecular complexity index is 523. The topological polar surface area (TPSA) is 86.5 Å². The van der Waals surface area contributed by atoms with E-state index in [0.717, 1.165) is 0 Å². The van der Waals surface area contributed by atoms with Crippen LogP contribution in [0.3, 0.4) is 0 Å². The summed E-state index contributed by atoms with van der Waals surface area (Å²) in [7, 11) is 0. The molecule has 1 heterocycles. The summed E-state index contributed by atoms with van der Waals surface area (Å²) in [5.74, 6) is -2.22. The van der Waals surface area contributed by atoms with E-state index >= 15 is 0 Å². The summed E-state index contributed by atoms with van der Waals surface area (Å²) in [5.41, 5.74) is 0.578. The minimum absolute atomic E-state index is 0.121. The van der Waals surface area contributed by atoms with Gasteiger partial charge in [0.25, 0.3) is 5.69 Å². The molecule has 0 aliphatic carbocycles. The molecule has 1 atom stereocenters. The number of hydrogen-bond acceptors (Lipinski definition) is 5. The lowest BCUT2D eigenvalue weighted by molar-refractivity contribution is -0.386. The van der Waals surface area contributed by atoms with Gasteiger partial charge in [0.1, 0.15) is 0 Å². The van der Waals surface area contributed by atoms with Gasteiger partial charge in [0.15, 0.2) is 0 Å². The third kappa shape index (κ3) is 1.89. The number of cyclic esters (lactones) is 2. The normalized spacial score (nSPS) is 19.2. The molecule has 1 aromatic rings. The van der Waals surface area contributed by atoms with Gasteiger partial charge in [-0.05, 0) is 6.92 Å². The fourth-order valence-electron chi connectivity index (χ4n) is 1.92. The lowest BCUT2D eigenvalue weighted by Crippen LogP contribution is -2.09. The van der Waals surface area contributed by atoms with Crippen molar-refractivity contribution in [3.63, 3.8) is 0 Å². The fraction of sp³-hybridized carbons (Fsp3) is 0.273. The summed E-state index contributed by atoms with van der Waals surface area (Å²) in [5, 5.41) is 11.0. The number of nitro benzene ring substituents is 1. The predicted octanol–water partition coefficient (Wildman–Crippen LogP) is 1.46. The van der Waals surface area contributed by atoms with Crippen molar-refractivity contribution in [3.8, 4) is 0 Å². The third-order valence-corrected chi connectivity index (χ3v) is 2.70. The lowest BCUT2D eigenvalue weighted by Gasteiger charge is -2.07. The summed E-state index contributed by atoms with van der Waals surface area (Å²) in [6, 6.07) is 4.69. The smallest absolute Gasteiger partial charge is 0.321 e. The Kier molecular flexibility index (Phi) is 2.63. The largest absolute Gasteiger partial charge is 0.393 e. The van der Waals surface area contributed by atoms with Crippen LogP contribution in [0.5, 0.6) is 0 Å². The second-order valence-electron chi connectivity index (χ2n) is 3.82. The van der Waals surface area contributed by atoms with Crippen LogP contribution in [0.2, 0.25) is 0 Å². The predicted molar refractivity (Wildman–Crippen MR) is 56.3 cm³/mol. The van der Waals surface area contributed by atoms with E-state index in [1.807, 2.05) is 0 Å². The maximum Gasteiger partial charge on any atom is 0.321 e. The highest BCUT2D eigenvalue weighted by atomic mass is 16.6. The molecule has 0 radical (unpaired) electrons. The molecule has 6 heteroatoms. The van der Waals surface area contributed by atoms with Gasteiger partial charge in [-0.3, -0.25) is 19.7 Å². The van der Waals surface area contributed by atoms with Crippen molar-refractivity contribution in [3.05, 3.63) is 39.4 Å². The average molecular weight is 235 g/mol. The Hall–Kier alpha value is -2.24. The molecule has 1 fully saturated rings. The van der Waals surface area contributed by atoms with E-state index in [0.29, 0.717) is 5.56 Å². The van der Waals surface area contributed by atoms with Gasteiger partial charge in [0.05, 0.1) is 17.3 Å². The Morgan fingerprint density at radius 2 is 2.12 bits per heavy atom. The second kappa shape index (κ2) is 3.97. The first-order chi connectivity index (χ1) is 8.00. The SMILES string of the molecule is Cc1cccc(C2CC(=O)OC2=O)c1[N+](=O)[O-]. The van der Waals surface area contributed by atoms with Crippen LogP contribution in [0.15, 0.2) is 18.2 Å². The van der Waals surface area contributed by atoms with E-state index in [9.17, 15) is 19.7 Å². The molecule has 0 aromatic heterocycles. The molecule has 1 aliphatic rings. The number of carbonyl (C=O) groups is 2. The van der Waals surface area contributed by atoms with Gasteiger partial charge >= 0.3 is 11.9 Å². The Morgan fingerprint density at radius 1 is 1.41 bits per heavy atom. The van der Waals surface area contributed by atoms with E-state index in [1.165, 1.54) is 6.07 Å². The molecule has 2 rings (SSSR count). The Morgan fingerprint density at radius 3 is 2.65 bits per heavy atom. The number of aryl methyl sites for hydroxylation is 1. The van der Waals surface area contributed by atoms with Gasteiger partial charge in [-0.25, -0.2) is 0 Å². The highest BCUT2D eigenvalue weighted by Gasteiger charge is 2.38. The van der Waals surface area contributed by atoms with Gasteiger partial charge in [-0.2, -0.15) is 0 Å². The van der Waals surface area contributed by atoms with E-state index in [4.69, 9.17) is 0 Å². The van der Waals surface area contributed by atoms with Crippen LogP contribution in [0.1, 0.15) is 23.5 Å². The van der Waals surface area contributed by atoms with Crippen molar-refractivity contribution in [1.82, 2.24) is 0 Å². The highest BCUT2D eigenvalue weighted by molar-refractivity contribution is 5.98. The molecule has 1 aromatic carbocycles. The van der Waals surface area contributed by atoms with Crippen LogP contribution in [0.4, 0.5) is 5.69 Å². The molecule has 88 valence electrons. The maximum absolute atomic E-state index is 11.4. The van der Waals surface area contributed by atoms with Crippen molar-refractivity contribution in [2.24, 2.45) is 0 Å². The summed E-state index contributed by atoms with van der Waals surface area (Å²) >= 11 is 0. The number of esters is 2. The summed E-state index contributed by atoms with van der Waals surface area (Å²) < 4.78 is 4.40. The van der Waals surface area contributed by atoms with Crippen LogP contribution < -0.4 is 0 Å². The second-order valence-corrected chi connectivity index (χ2v) is 3.82. The van der Waals surface area contributed by atoms with Crippen molar-refractivity contribution in [1.29, 1.82) is 0 Å². The van der Waals surface area contributed by atoms with Gasteiger partial charge in [-0.15, -0.1) is 0 Å². The molecule has 0 spiro atoms. The molecular weight excluding hydrogens is 226 g/mol. The van der Waals surface area contributed by atoms with E-state index in [-0.39, 0.29) is 17.7 Å². The Balaban J connectivity index is 2.52. The molecule has 0 bridgehead atoms. The summed E-state index contributed by atoms with van der Waals surface area (Å²) in [4.78, 5) is 32.8. The van der Waals surface area contributed by atoms with Crippen LogP contribution in [-0.4, -0.2) is 16.9 Å². The number of nitrogens with zero attached hydrogens (tertiary/aromatic N) is 1. The quantitative estimate of drug-likeness (QED) is 0.335. The van der Waals surface area contributed by atoms with Crippen molar-refractivity contribution >= 4 is 17.6 Å². The Labute approximate surface area is 96.3 Å². The number of ether oxygens (including phenoxy) is 1. The first-order valence-electron chi connectivity index (χ1n) is 4.99. The zero-order valence-electron chi connectivity index (χ0n) is 9.00. The zero-order chi connectivity index (χ0) is 12.6. The van der Waals surface area contributed by atoms with Gasteiger partial charge in [0, 0.05) is 11.1 Å². The molecule has 1 aliphatic heterocycles. The molecule has 0 amide bonds. The van der Waals surface area contributed by atoms with Gasteiger partial charge in [0.2, 0.25) is 0 Å². The maximum atomic E-state index is 11.4. The lowest BCUT2D eigenvalue weighted by atomic mass is 9.94. The zero-order valence-corrected chi connectivity index (χ0v) is 9.00. The first kappa shape index (κ1) is 11.3. The van der Waals surface area contributed by atoms with E-state index < -0.39 is 22.8 Å². The van der Waals surface area contributed by atoms with E-state index in [1.54, 1.807) is 19.1 Å². The minimum atomic E-state index is -0.859. The number of benzene rings is 1. The average Bonchev–Trinajstić information content (AvgIpc) is 2.56. The summed E-state index contributed by atoms with van der Waals surface area (Å²) in [6.07, 6.45) is -0.136. The van der Waals surface area contributed by atoms with Crippen molar-refractivity contribution in [2.45, 2.75) is 19.3 Å². The van der Waals surface area contributed by atoms with E-state index in [2.05, 4.69) is 4.74 Å². The molecule has 0 saturated carbocycles. The number of hydrogen-bond donors (Lipinski definition) is 0. The fourth-order valence-corrected chi connectivity index (χ4v) is 1.92. The standard InChI is InChI=1S/C11H9NO5/c1-6-3-2-4-7(10(6)12(15)16)8-5-9(13)17-11(8)14/h2-4,8H,5H2,1H3. The van der Waals surface area contributed by atoms with Crippen molar-refractivity contribution in [2.75, 3.05) is 0 Å². The summed E-state index contributed by atoms with van der Waals surface area (Å²) in [6.45, 7) is 1.59. The minimum Gasteiger partial charge on any atom is -0.393 e. The van der Waals surface area contributed by atoms with Gasteiger partial charge in [-0.1, -0.05) is 18.2 Å². The van der Waals surface area contributed by atoms with Crippen molar-refractivity contribution < 1.29 is 19.2 Å². The number of carbonyl (C=O) groups excluding carboxylic acids is 2. The number of para-hydroxylation sites is 1. The van der Waals surface area contributed by atoms with Crippen LogP contribution in [-0.2, 0) is 14.3 Å². The molecule has 1 unspecified atom stereocenters. The molecule has 6 nitrogen and oxygen atoms in total. The number of nitro groups is 1. The monoisotopic (exact) mass is 235 g/mol. The molecular formula is C11H9NO5. The number of rotatable bonds is 2.